The first kappa shape index (κ1) is 13.2. The van der Waals surface area contributed by atoms with Crippen molar-refractivity contribution < 1.29 is 4.79 Å². The molecule has 0 unspecified atom stereocenters. The van der Waals surface area contributed by atoms with Crippen LogP contribution < -0.4 is 16.0 Å². The first-order valence-electron chi connectivity index (χ1n) is 6.82. The van der Waals surface area contributed by atoms with Crippen molar-refractivity contribution in [3.05, 3.63) is 65.9 Å². The monoisotopic (exact) mass is 279 g/mol. The van der Waals surface area contributed by atoms with E-state index in [-0.39, 0.29) is 6.03 Å². The van der Waals surface area contributed by atoms with E-state index in [1.165, 1.54) is 5.56 Å². The summed E-state index contributed by atoms with van der Waals surface area (Å²) in [5.74, 6) is 0. The van der Waals surface area contributed by atoms with Crippen LogP contribution in [0, 0.1) is 6.92 Å². The van der Waals surface area contributed by atoms with Crippen molar-refractivity contribution in [2.75, 3.05) is 16.0 Å². The number of urea groups is 1. The number of anilines is 3. The summed E-state index contributed by atoms with van der Waals surface area (Å²) in [5.41, 5.74) is 5.82. The summed E-state index contributed by atoms with van der Waals surface area (Å²) in [7, 11) is 0. The van der Waals surface area contributed by atoms with Crippen molar-refractivity contribution in [3.63, 3.8) is 0 Å². The van der Waals surface area contributed by atoms with Crippen LogP contribution in [0.5, 0.6) is 0 Å². The number of hydrogen-bond donors (Lipinski definition) is 3. The normalized spacial score (nSPS) is 12.5. The minimum absolute atomic E-state index is 0.252. The predicted octanol–water partition coefficient (Wildman–Crippen LogP) is 4.12. The third-order valence-corrected chi connectivity index (χ3v) is 3.36. The maximum atomic E-state index is 12.0. The van der Waals surface area contributed by atoms with Gasteiger partial charge in [0.2, 0.25) is 0 Å². The van der Waals surface area contributed by atoms with E-state index in [1.54, 1.807) is 0 Å². The number of allylic oxidation sites excluding steroid dienone is 1. The Kier molecular flexibility index (Phi) is 3.36. The topological polar surface area (TPSA) is 53.2 Å². The lowest BCUT2D eigenvalue weighted by Gasteiger charge is -2.09. The minimum Gasteiger partial charge on any atom is -0.359 e. The number of benzene rings is 2. The molecule has 21 heavy (non-hydrogen) atoms. The van der Waals surface area contributed by atoms with Crippen LogP contribution in [0.25, 0.3) is 0 Å². The second-order valence-electron chi connectivity index (χ2n) is 5.23. The van der Waals surface area contributed by atoms with Crippen molar-refractivity contribution in [1.29, 1.82) is 0 Å². The summed E-state index contributed by atoms with van der Waals surface area (Å²) < 4.78 is 0. The highest BCUT2D eigenvalue weighted by molar-refractivity contribution is 6.00. The van der Waals surface area contributed by atoms with Gasteiger partial charge in [0.25, 0.3) is 0 Å². The molecular weight excluding hydrogens is 262 g/mol. The van der Waals surface area contributed by atoms with Crippen molar-refractivity contribution in [2.45, 2.75) is 13.3 Å². The molecule has 1 heterocycles. The lowest BCUT2D eigenvalue weighted by Crippen LogP contribution is -2.19. The molecule has 3 N–H and O–H groups in total. The Morgan fingerprint density at radius 2 is 1.90 bits per heavy atom. The number of amides is 2. The number of rotatable bonds is 2. The summed E-state index contributed by atoms with van der Waals surface area (Å²) in [6, 6.07) is 13.3. The molecule has 0 spiro atoms. The van der Waals surface area contributed by atoms with Gasteiger partial charge in [0.15, 0.2) is 0 Å². The SMILES string of the molecule is C=C1Cc2ccc(NC(=O)Nc3cccc(C)c3)cc2N1. The average Bonchev–Trinajstić information content (AvgIpc) is 2.78. The van der Waals surface area contributed by atoms with Gasteiger partial charge in [-0.15, -0.1) is 0 Å². The van der Waals surface area contributed by atoms with Crippen molar-refractivity contribution in [3.8, 4) is 0 Å². The van der Waals surface area contributed by atoms with E-state index >= 15 is 0 Å². The maximum absolute atomic E-state index is 12.0. The molecule has 1 aliphatic rings. The molecule has 0 radical (unpaired) electrons. The number of aryl methyl sites for hydroxylation is 1. The van der Waals surface area contributed by atoms with Crippen LogP contribution in [0.1, 0.15) is 11.1 Å². The van der Waals surface area contributed by atoms with Crippen LogP contribution in [-0.4, -0.2) is 6.03 Å². The van der Waals surface area contributed by atoms with E-state index in [1.807, 2.05) is 49.4 Å². The second kappa shape index (κ2) is 5.32. The summed E-state index contributed by atoms with van der Waals surface area (Å²) in [5, 5.41) is 8.86. The van der Waals surface area contributed by atoms with Crippen LogP contribution in [0.3, 0.4) is 0 Å². The van der Waals surface area contributed by atoms with E-state index in [0.29, 0.717) is 0 Å². The zero-order chi connectivity index (χ0) is 14.8. The fourth-order valence-corrected chi connectivity index (χ4v) is 2.41. The smallest absolute Gasteiger partial charge is 0.323 e. The highest BCUT2D eigenvalue weighted by Crippen LogP contribution is 2.29. The van der Waals surface area contributed by atoms with Gasteiger partial charge in [-0.05, 0) is 42.3 Å². The second-order valence-corrected chi connectivity index (χ2v) is 5.23. The molecule has 0 atom stereocenters. The molecule has 3 rings (SSSR count). The zero-order valence-corrected chi connectivity index (χ0v) is 11.9. The van der Waals surface area contributed by atoms with Crippen LogP contribution in [0.2, 0.25) is 0 Å². The largest absolute Gasteiger partial charge is 0.359 e. The van der Waals surface area contributed by atoms with Crippen molar-refractivity contribution in [2.24, 2.45) is 0 Å². The third-order valence-electron chi connectivity index (χ3n) is 3.36. The van der Waals surface area contributed by atoms with Crippen LogP contribution in [0.15, 0.2) is 54.7 Å². The van der Waals surface area contributed by atoms with E-state index < -0.39 is 0 Å². The number of carbonyl (C=O) groups excluding carboxylic acids is 1. The summed E-state index contributed by atoms with van der Waals surface area (Å²) in [6.45, 7) is 5.90. The molecule has 2 aromatic rings. The Morgan fingerprint density at radius 3 is 2.67 bits per heavy atom. The Hall–Kier alpha value is -2.75. The Morgan fingerprint density at radius 1 is 1.14 bits per heavy atom. The van der Waals surface area contributed by atoms with Gasteiger partial charge in [0, 0.05) is 29.2 Å². The molecule has 2 aromatic carbocycles. The van der Waals surface area contributed by atoms with Crippen LogP contribution in [-0.2, 0) is 6.42 Å². The van der Waals surface area contributed by atoms with Gasteiger partial charge in [-0.1, -0.05) is 24.8 Å². The quantitative estimate of drug-likeness (QED) is 0.774. The fraction of sp³-hybridized carbons (Fsp3) is 0.118. The van der Waals surface area contributed by atoms with Gasteiger partial charge in [0.1, 0.15) is 0 Å². The lowest BCUT2D eigenvalue weighted by molar-refractivity contribution is 0.262. The van der Waals surface area contributed by atoms with Gasteiger partial charge < -0.3 is 16.0 Å². The van der Waals surface area contributed by atoms with Crippen molar-refractivity contribution >= 4 is 23.1 Å². The molecular formula is C17H17N3O. The van der Waals surface area contributed by atoms with Gasteiger partial charge in [0.05, 0.1) is 0 Å². The number of fused-ring (bicyclic) bond motifs is 1. The molecule has 1 aliphatic heterocycles. The Balaban J connectivity index is 1.68. The average molecular weight is 279 g/mol. The fourth-order valence-electron chi connectivity index (χ4n) is 2.41. The van der Waals surface area contributed by atoms with E-state index in [0.717, 1.165) is 34.7 Å². The van der Waals surface area contributed by atoms with Gasteiger partial charge in [-0.25, -0.2) is 4.79 Å². The lowest BCUT2D eigenvalue weighted by atomic mass is 10.1. The predicted molar refractivity (Wildman–Crippen MR) is 86.7 cm³/mol. The molecule has 0 saturated heterocycles. The van der Waals surface area contributed by atoms with Gasteiger partial charge in [-0.3, -0.25) is 0 Å². The molecule has 0 aliphatic carbocycles. The molecule has 4 nitrogen and oxygen atoms in total. The highest BCUT2D eigenvalue weighted by Gasteiger charge is 2.13. The van der Waals surface area contributed by atoms with E-state index in [2.05, 4.69) is 22.5 Å². The molecule has 4 heteroatoms. The first-order valence-corrected chi connectivity index (χ1v) is 6.82. The number of hydrogen-bond acceptors (Lipinski definition) is 2. The maximum Gasteiger partial charge on any atom is 0.323 e. The summed E-state index contributed by atoms with van der Waals surface area (Å²) >= 11 is 0. The Labute approximate surface area is 123 Å². The molecule has 2 amide bonds. The van der Waals surface area contributed by atoms with Crippen LogP contribution >= 0.6 is 0 Å². The van der Waals surface area contributed by atoms with E-state index in [4.69, 9.17) is 0 Å². The summed E-state index contributed by atoms with van der Waals surface area (Å²) in [4.78, 5) is 12.0. The summed E-state index contributed by atoms with van der Waals surface area (Å²) in [6.07, 6.45) is 0.838. The van der Waals surface area contributed by atoms with Gasteiger partial charge >= 0.3 is 6.03 Å². The van der Waals surface area contributed by atoms with Gasteiger partial charge in [-0.2, -0.15) is 0 Å². The molecule has 106 valence electrons. The van der Waals surface area contributed by atoms with E-state index in [9.17, 15) is 4.79 Å². The third kappa shape index (κ3) is 3.05. The molecule has 0 aromatic heterocycles. The first-order chi connectivity index (χ1) is 10.1. The number of carbonyl (C=O) groups is 1. The van der Waals surface area contributed by atoms with Crippen molar-refractivity contribution in [1.82, 2.24) is 0 Å². The van der Waals surface area contributed by atoms with Crippen LogP contribution in [0.4, 0.5) is 21.9 Å². The zero-order valence-electron chi connectivity index (χ0n) is 11.9. The molecule has 0 bridgehead atoms. The Bertz CT molecular complexity index is 722. The highest BCUT2D eigenvalue weighted by atomic mass is 16.2. The number of nitrogens with one attached hydrogen (secondary N) is 3. The molecule has 0 fully saturated rings. The standard InChI is InChI=1S/C17H17N3O/c1-11-4-3-5-14(8-11)19-17(21)20-15-7-6-13-9-12(2)18-16(13)10-15/h3-8,10,18H,2,9H2,1H3,(H2,19,20,21). The minimum atomic E-state index is -0.252. The molecule has 0 saturated carbocycles.